The Morgan fingerprint density at radius 2 is 2.16 bits per heavy atom. The molecular weight excluding hydrogens is 246 g/mol. The number of hydrogen-bond acceptors (Lipinski definition) is 5. The van der Waals surface area contributed by atoms with E-state index >= 15 is 0 Å². The lowest BCUT2D eigenvalue weighted by atomic mass is 10.2. The third-order valence-corrected chi connectivity index (χ3v) is 2.72. The second kappa shape index (κ2) is 4.62. The zero-order valence-corrected chi connectivity index (χ0v) is 9.95. The molecule has 0 aliphatic carbocycles. The summed E-state index contributed by atoms with van der Waals surface area (Å²) in [6.07, 6.45) is 1.61. The van der Waals surface area contributed by atoms with E-state index in [9.17, 15) is 4.79 Å². The van der Waals surface area contributed by atoms with Crippen molar-refractivity contribution in [2.24, 2.45) is 0 Å². The fourth-order valence-corrected chi connectivity index (χ4v) is 1.85. The number of H-pyrrole nitrogens is 1. The van der Waals surface area contributed by atoms with Gasteiger partial charge in [-0.05, 0) is 12.1 Å². The number of rotatable bonds is 3. The van der Waals surface area contributed by atoms with E-state index in [0.29, 0.717) is 29.0 Å². The molecule has 0 aliphatic heterocycles. The van der Waals surface area contributed by atoms with Crippen molar-refractivity contribution in [3.8, 4) is 0 Å². The fourth-order valence-electron chi connectivity index (χ4n) is 1.85. The van der Waals surface area contributed by atoms with E-state index in [4.69, 9.17) is 5.11 Å². The maximum absolute atomic E-state index is 11.9. The highest BCUT2D eigenvalue weighted by molar-refractivity contribution is 5.77. The number of fused-ring (bicyclic) bond motifs is 1. The van der Waals surface area contributed by atoms with Crippen LogP contribution < -0.4 is 5.56 Å². The van der Waals surface area contributed by atoms with E-state index in [1.54, 1.807) is 24.4 Å². The molecule has 2 N–H and O–H groups in total. The predicted octanol–water partition coefficient (Wildman–Crippen LogP) is 0.0552. The van der Waals surface area contributed by atoms with Crippen molar-refractivity contribution in [1.29, 1.82) is 0 Å². The second-order valence-corrected chi connectivity index (χ2v) is 4.10. The molecule has 3 aromatic rings. The Kier molecular flexibility index (Phi) is 2.81. The third-order valence-electron chi connectivity index (χ3n) is 2.72. The molecule has 1 aromatic carbocycles. The first kappa shape index (κ1) is 11.5. The molecule has 0 atom stereocenters. The molecule has 0 saturated heterocycles. The molecule has 96 valence electrons. The van der Waals surface area contributed by atoms with E-state index in [1.807, 2.05) is 6.07 Å². The average Bonchev–Trinajstić information content (AvgIpc) is 2.86. The molecular formula is C12H11N5O2. The normalized spacial score (nSPS) is 11.0. The molecule has 0 bridgehead atoms. The number of aliphatic hydroxyl groups is 1. The van der Waals surface area contributed by atoms with Gasteiger partial charge in [0.05, 0.1) is 23.7 Å². The van der Waals surface area contributed by atoms with Crippen LogP contribution in [0.4, 0.5) is 0 Å². The number of nitrogens with zero attached hydrogens (tertiary/aromatic N) is 4. The standard InChI is InChI=1S/C12H11N5O2/c18-7-8-5-17(16-15-8)6-11-13-10-4-2-1-3-9(10)12(19)14-11/h1-5,18H,6-7H2,(H,13,14,19). The van der Waals surface area contributed by atoms with E-state index < -0.39 is 0 Å². The third kappa shape index (κ3) is 2.23. The van der Waals surface area contributed by atoms with Gasteiger partial charge in [0, 0.05) is 0 Å². The molecule has 3 rings (SSSR count). The van der Waals surface area contributed by atoms with Gasteiger partial charge in [-0.25, -0.2) is 9.67 Å². The Balaban J connectivity index is 1.99. The fraction of sp³-hybridized carbons (Fsp3) is 0.167. The molecule has 0 unspecified atom stereocenters. The molecule has 7 nitrogen and oxygen atoms in total. The van der Waals surface area contributed by atoms with Crippen LogP contribution in [0.1, 0.15) is 11.5 Å². The van der Waals surface area contributed by atoms with Gasteiger partial charge in [0.15, 0.2) is 0 Å². The lowest BCUT2D eigenvalue weighted by Crippen LogP contribution is -2.14. The first-order valence-corrected chi connectivity index (χ1v) is 5.74. The molecule has 19 heavy (non-hydrogen) atoms. The first-order valence-electron chi connectivity index (χ1n) is 5.74. The summed E-state index contributed by atoms with van der Waals surface area (Å²) in [6.45, 7) is 0.134. The van der Waals surface area contributed by atoms with Crippen molar-refractivity contribution in [1.82, 2.24) is 25.0 Å². The number of aromatic nitrogens is 5. The van der Waals surface area contributed by atoms with Crippen molar-refractivity contribution in [2.75, 3.05) is 0 Å². The molecule has 0 aliphatic rings. The van der Waals surface area contributed by atoms with Crippen LogP contribution in [0, 0.1) is 0 Å². The molecule has 0 spiro atoms. The van der Waals surface area contributed by atoms with Gasteiger partial charge in [0.1, 0.15) is 18.1 Å². The molecule has 2 aromatic heterocycles. The summed E-state index contributed by atoms with van der Waals surface area (Å²) in [5.41, 5.74) is 0.940. The van der Waals surface area contributed by atoms with Gasteiger partial charge in [-0.2, -0.15) is 0 Å². The SMILES string of the molecule is O=c1[nH]c(Cn2cc(CO)nn2)nc2ccccc12. The van der Waals surface area contributed by atoms with Crippen molar-refractivity contribution in [3.05, 3.63) is 52.3 Å². The van der Waals surface area contributed by atoms with Gasteiger partial charge in [0.25, 0.3) is 5.56 Å². The van der Waals surface area contributed by atoms with Gasteiger partial charge in [-0.15, -0.1) is 5.10 Å². The van der Waals surface area contributed by atoms with Gasteiger partial charge in [-0.3, -0.25) is 4.79 Å². The van der Waals surface area contributed by atoms with Crippen molar-refractivity contribution in [3.63, 3.8) is 0 Å². The van der Waals surface area contributed by atoms with Crippen LogP contribution >= 0.6 is 0 Å². The summed E-state index contributed by atoms with van der Waals surface area (Å²) in [6, 6.07) is 7.14. The first-order chi connectivity index (χ1) is 9.26. The molecule has 7 heteroatoms. The average molecular weight is 257 g/mol. The highest BCUT2D eigenvalue weighted by atomic mass is 16.3. The quantitative estimate of drug-likeness (QED) is 0.691. The maximum atomic E-state index is 11.9. The van der Waals surface area contributed by atoms with E-state index in [-0.39, 0.29) is 12.2 Å². The Morgan fingerprint density at radius 3 is 2.95 bits per heavy atom. The molecule has 2 heterocycles. The molecule has 0 saturated carbocycles. The molecule has 0 amide bonds. The topological polar surface area (TPSA) is 96.7 Å². The summed E-state index contributed by atoms with van der Waals surface area (Å²) in [7, 11) is 0. The Bertz CT molecular complexity index is 777. The summed E-state index contributed by atoms with van der Waals surface area (Å²) >= 11 is 0. The number of hydrogen-bond donors (Lipinski definition) is 2. The number of aromatic amines is 1. The van der Waals surface area contributed by atoms with Crippen LogP contribution in [0.15, 0.2) is 35.3 Å². The number of aliphatic hydroxyl groups excluding tert-OH is 1. The van der Waals surface area contributed by atoms with Crippen LogP contribution in [0.2, 0.25) is 0 Å². The summed E-state index contributed by atoms with van der Waals surface area (Å²) in [4.78, 5) is 18.9. The maximum Gasteiger partial charge on any atom is 0.258 e. The number of para-hydroxylation sites is 1. The number of benzene rings is 1. The van der Waals surface area contributed by atoms with Crippen LogP contribution in [-0.4, -0.2) is 30.1 Å². The van der Waals surface area contributed by atoms with Gasteiger partial charge >= 0.3 is 0 Å². The highest BCUT2D eigenvalue weighted by Crippen LogP contribution is 2.06. The Hall–Kier alpha value is -2.54. The van der Waals surface area contributed by atoms with E-state index in [0.717, 1.165) is 0 Å². The lowest BCUT2D eigenvalue weighted by Gasteiger charge is -2.02. The minimum absolute atomic E-state index is 0.165. The number of nitrogens with one attached hydrogen (secondary N) is 1. The summed E-state index contributed by atoms with van der Waals surface area (Å²) in [5, 5.41) is 17.1. The minimum atomic E-state index is -0.178. The van der Waals surface area contributed by atoms with Crippen LogP contribution in [-0.2, 0) is 13.2 Å². The Morgan fingerprint density at radius 1 is 1.32 bits per heavy atom. The van der Waals surface area contributed by atoms with Crippen LogP contribution in [0.5, 0.6) is 0 Å². The zero-order valence-electron chi connectivity index (χ0n) is 9.95. The van der Waals surface area contributed by atoms with Crippen molar-refractivity contribution < 1.29 is 5.11 Å². The molecule has 0 fully saturated rings. The van der Waals surface area contributed by atoms with Crippen LogP contribution in [0.3, 0.4) is 0 Å². The zero-order chi connectivity index (χ0) is 13.2. The van der Waals surface area contributed by atoms with Crippen LogP contribution in [0.25, 0.3) is 10.9 Å². The largest absolute Gasteiger partial charge is 0.390 e. The molecule has 0 radical (unpaired) electrons. The smallest absolute Gasteiger partial charge is 0.258 e. The van der Waals surface area contributed by atoms with Crippen molar-refractivity contribution in [2.45, 2.75) is 13.2 Å². The predicted molar refractivity (Wildman–Crippen MR) is 67.4 cm³/mol. The van der Waals surface area contributed by atoms with Gasteiger partial charge in [0.2, 0.25) is 0 Å². The Labute approximate surface area is 107 Å². The monoisotopic (exact) mass is 257 g/mol. The summed E-state index contributed by atoms with van der Waals surface area (Å²) < 4.78 is 1.51. The van der Waals surface area contributed by atoms with E-state index in [1.165, 1.54) is 4.68 Å². The highest BCUT2D eigenvalue weighted by Gasteiger charge is 2.05. The minimum Gasteiger partial charge on any atom is -0.390 e. The van der Waals surface area contributed by atoms with Crippen molar-refractivity contribution >= 4 is 10.9 Å². The van der Waals surface area contributed by atoms with Gasteiger partial charge in [-0.1, -0.05) is 17.3 Å². The lowest BCUT2D eigenvalue weighted by molar-refractivity contribution is 0.276. The van der Waals surface area contributed by atoms with Gasteiger partial charge < -0.3 is 10.1 Å². The second-order valence-electron chi connectivity index (χ2n) is 4.10. The van der Waals surface area contributed by atoms with E-state index in [2.05, 4.69) is 20.3 Å². The summed E-state index contributed by atoms with van der Waals surface area (Å²) in [5.74, 6) is 0.498.